The molecule has 1 aliphatic heterocycles. The Kier molecular flexibility index (Phi) is 4.69. The lowest BCUT2D eigenvalue weighted by Crippen LogP contribution is -2.22. The molecule has 0 unspecified atom stereocenters. The van der Waals surface area contributed by atoms with Crippen LogP contribution >= 0.6 is 0 Å². The van der Waals surface area contributed by atoms with E-state index >= 15 is 0 Å². The van der Waals surface area contributed by atoms with E-state index in [1.807, 2.05) is 36.4 Å². The fraction of sp³-hybridized carbons (Fsp3) is 0.238. The van der Waals surface area contributed by atoms with Gasteiger partial charge in [0.1, 0.15) is 12.0 Å². The highest BCUT2D eigenvalue weighted by Crippen LogP contribution is 2.32. The minimum atomic E-state index is -0.0268. The quantitative estimate of drug-likeness (QED) is 0.735. The van der Waals surface area contributed by atoms with E-state index in [4.69, 9.17) is 5.73 Å². The van der Waals surface area contributed by atoms with Crippen LogP contribution in [0.15, 0.2) is 67.0 Å². The molecule has 1 saturated heterocycles. The maximum Gasteiger partial charge on any atom is 0.157 e. The second-order valence-electron chi connectivity index (χ2n) is 6.55. The summed E-state index contributed by atoms with van der Waals surface area (Å²) >= 11 is 0. The summed E-state index contributed by atoms with van der Waals surface area (Å²) in [4.78, 5) is 11.1. The van der Waals surface area contributed by atoms with Crippen LogP contribution in [0.2, 0.25) is 0 Å². The summed E-state index contributed by atoms with van der Waals surface area (Å²) < 4.78 is 0. The number of hydrogen-bond donors (Lipinski definition) is 2. The third kappa shape index (κ3) is 3.33. The summed E-state index contributed by atoms with van der Waals surface area (Å²) in [5, 5.41) is 3.54. The topological polar surface area (TPSA) is 67.1 Å². The van der Waals surface area contributed by atoms with Crippen molar-refractivity contribution < 1.29 is 0 Å². The van der Waals surface area contributed by atoms with E-state index in [-0.39, 0.29) is 6.04 Å². The molecule has 2 aromatic carbocycles. The molecule has 0 atom stereocenters. The molecule has 5 nitrogen and oxygen atoms in total. The van der Waals surface area contributed by atoms with Gasteiger partial charge in [-0.1, -0.05) is 60.7 Å². The zero-order chi connectivity index (χ0) is 17.8. The van der Waals surface area contributed by atoms with E-state index in [1.165, 1.54) is 24.0 Å². The molecule has 1 aromatic heterocycles. The van der Waals surface area contributed by atoms with Crippen LogP contribution in [0, 0.1) is 0 Å². The molecule has 26 heavy (non-hydrogen) atoms. The minimum absolute atomic E-state index is 0.0268. The Labute approximate surface area is 153 Å². The van der Waals surface area contributed by atoms with Crippen molar-refractivity contribution in [1.29, 1.82) is 0 Å². The van der Waals surface area contributed by atoms with Crippen LogP contribution in [-0.2, 0) is 0 Å². The number of hydrogen-bond acceptors (Lipinski definition) is 5. The van der Waals surface area contributed by atoms with Gasteiger partial charge < -0.3 is 16.0 Å². The third-order valence-corrected chi connectivity index (χ3v) is 4.82. The summed E-state index contributed by atoms with van der Waals surface area (Å²) in [7, 11) is 0. The molecular formula is C21H23N5. The van der Waals surface area contributed by atoms with Crippen molar-refractivity contribution in [2.75, 3.05) is 29.0 Å². The molecule has 1 fully saturated rings. The van der Waals surface area contributed by atoms with E-state index in [9.17, 15) is 0 Å². The summed E-state index contributed by atoms with van der Waals surface area (Å²) in [6, 6.07) is 20.7. The Hall–Kier alpha value is -3.08. The van der Waals surface area contributed by atoms with Crippen molar-refractivity contribution in [3.8, 4) is 0 Å². The lowest BCUT2D eigenvalue weighted by atomic mass is 9.99. The van der Waals surface area contributed by atoms with Crippen molar-refractivity contribution in [2.45, 2.75) is 18.9 Å². The number of anilines is 3. The first-order chi connectivity index (χ1) is 12.8. The van der Waals surface area contributed by atoms with E-state index in [0.29, 0.717) is 11.5 Å². The van der Waals surface area contributed by atoms with Gasteiger partial charge in [0.2, 0.25) is 0 Å². The zero-order valence-corrected chi connectivity index (χ0v) is 14.7. The maximum absolute atomic E-state index is 6.44. The van der Waals surface area contributed by atoms with Crippen LogP contribution in [0.3, 0.4) is 0 Å². The first-order valence-corrected chi connectivity index (χ1v) is 9.05. The molecule has 0 amide bonds. The largest absolute Gasteiger partial charge is 0.393 e. The molecular weight excluding hydrogens is 322 g/mol. The highest BCUT2D eigenvalue weighted by molar-refractivity contribution is 5.75. The molecule has 3 N–H and O–H groups in total. The van der Waals surface area contributed by atoms with Gasteiger partial charge in [-0.2, -0.15) is 0 Å². The number of nitrogen functional groups attached to an aromatic ring is 1. The monoisotopic (exact) mass is 345 g/mol. The summed E-state index contributed by atoms with van der Waals surface area (Å²) in [5.41, 5.74) is 9.39. The van der Waals surface area contributed by atoms with Crippen LogP contribution in [-0.4, -0.2) is 23.1 Å². The highest BCUT2D eigenvalue weighted by Gasteiger charge is 2.21. The van der Waals surface area contributed by atoms with Gasteiger partial charge in [0.15, 0.2) is 11.6 Å². The Bertz CT molecular complexity index is 805. The van der Waals surface area contributed by atoms with Crippen LogP contribution in [0.1, 0.15) is 30.0 Å². The van der Waals surface area contributed by atoms with Gasteiger partial charge in [-0.15, -0.1) is 0 Å². The molecule has 1 aliphatic rings. The molecule has 0 bridgehead atoms. The molecule has 2 heterocycles. The average Bonchev–Trinajstić information content (AvgIpc) is 3.23. The summed E-state index contributed by atoms with van der Waals surface area (Å²) in [6.45, 7) is 2.00. The first-order valence-electron chi connectivity index (χ1n) is 9.05. The Morgan fingerprint density at radius 1 is 0.846 bits per heavy atom. The van der Waals surface area contributed by atoms with Crippen molar-refractivity contribution in [3.05, 3.63) is 78.1 Å². The smallest absolute Gasteiger partial charge is 0.157 e. The van der Waals surface area contributed by atoms with E-state index in [1.54, 1.807) is 6.33 Å². The summed E-state index contributed by atoms with van der Waals surface area (Å²) in [5.74, 6) is 1.51. The maximum atomic E-state index is 6.44. The highest BCUT2D eigenvalue weighted by atomic mass is 15.2. The van der Waals surface area contributed by atoms with Crippen LogP contribution in [0.4, 0.5) is 17.3 Å². The van der Waals surface area contributed by atoms with Gasteiger partial charge in [-0.25, -0.2) is 9.97 Å². The van der Waals surface area contributed by atoms with Gasteiger partial charge in [0.25, 0.3) is 0 Å². The number of aromatic nitrogens is 2. The fourth-order valence-corrected chi connectivity index (χ4v) is 3.47. The average molecular weight is 345 g/mol. The van der Waals surface area contributed by atoms with Gasteiger partial charge in [0.05, 0.1) is 6.04 Å². The molecule has 5 heteroatoms. The predicted molar refractivity (Wildman–Crippen MR) is 106 cm³/mol. The van der Waals surface area contributed by atoms with Gasteiger partial charge in [-0.3, -0.25) is 0 Å². The SMILES string of the molecule is Nc1c(NC(c2ccccc2)c2ccccc2)ncnc1N1CCCC1. The van der Waals surface area contributed by atoms with Crippen molar-refractivity contribution in [1.82, 2.24) is 9.97 Å². The molecule has 0 aliphatic carbocycles. The second kappa shape index (κ2) is 7.44. The number of rotatable bonds is 5. The molecule has 0 saturated carbocycles. The van der Waals surface area contributed by atoms with Crippen molar-refractivity contribution in [3.63, 3.8) is 0 Å². The third-order valence-electron chi connectivity index (χ3n) is 4.82. The van der Waals surface area contributed by atoms with Crippen molar-refractivity contribution in [2.24, 2.45) is 0 Å². The lowest BCUT2D eigenvalue weighted by molar-refractivity contribution is 0.906. The summed E-state index contributed by atoms with van der Waals surface area (Å²) in [6.07, 6.45) is 3.96. The Balaban J connectivity index is 1.69. The lowest BCUT2D eigenvalue weighted by Gasteiger charge is -2.24. The van der Waals surface area contributed by atoms with Crippen LogP contribution in [0.25, 0.3) is 0 Å². The minimum Gasteiger partial charge on any atom is -0.393 e. The number of nitrogens with one attached hydrogen (secondary N) is 1. The second-order valence-corrected chi connectivity index (χ2v) is 6.55. The van der Waals surface area contributed by atoms with E-state index in [0.717, 1.165) is 18.9 Å². The van der Waals surface area contributed by atoms with Crippen LogP contribution < -0.4 is 16.0 Å². The number of benzene rings is 2. The van der Waals surface area contributed by atoms with E-state index < -0.39 is 0 Å². The zero-order valence-electron chi connectivity index (χ0n) is 14.7. The predicted octanol–water partition coefficient (Wildman–Crippen LogP) is 3.86. The number of nitrogens with two attached hydrogens (primary N) is 1. The van der Waals surface area contributed by atoms with E-state index in [2.05, 4.69) is 44.5 Å². The molecule has 4 rings (SSSR count). The van der Waals surface area contributed by atoms with Gasteiger partial charge in [0, 0.05) is 13.1 Å². The molecule has 0 radical (unpaired) electrons. The van der Waals surface area contributed by atoms with Gasteiger partial charge in [-0.05, 0) is 24.0 Å². The first kappa shape index (κ1) is 16.4. The normalized spacial score (nSPS) is 14.0. The standard InChI is InChI=1S/C21H23N5/c22-18-20(23-15-24-21(18)26-13-7-8-14-26)25-19(16-9-3-1-4-10-16)17-11-5-2-6-12-17/h1-6,9-12,15,19H,7-8,13-14,22H2,(H,23,24,25). The molecule has 132 valence electrons. The molecule has 3 aromatic rings. The number of nitrogens with zero attached hydrogens (tertiary/aromatic N) is 3. The fourth-order valence-electron chi connectivity index (χ4n) is 3.47. The molecule has 0 spiro atoms. The van der Waals surface area contributed by atoms with Crippen LogP contribution in [0.5, 0.6) is 0 Å². The van der Waals surface area contributed by atoms with Crippen molar-refractivity contribution >= 4 is 17.3 Å². The van der Waals surface area contributed by atoms with Gasteiger partial charge >= 0.3 is 0 Å². The Morgan fingerprint density at radius 2 is 1.42 bits per heavy atom. The Morgan fingerprint density at radius 3 is 2.00 bits per heavy atom.